The molecule has 3 N–H and O–H groups in total. The van der Waals surface area contributed by atoms with Crippen molar-refractivity contribution < 1.29 is 32.9 Å². The molecule has 0 radical (unpaired) electrons. The van der Waals surface area contributed by atoms with Crippen molar-refractivity contribution in [2.45, 2.75) is 225 Å². The van der Waals surface area contributed by atoms with E-state index in [-0.39, 0.29) is 19.1 Å². The van der Waals surface area contributed by atoms with E-state index in [4.69, 9.17) is 9.05 Å². The van der Waals surface area contributed by atoms with E-state index in [1.165, 1.54) is 141 Å². The summed E-state index contributed by atoms with van der Waals surface area (Å²) < 4.78 is 23.6. The third-order valence-electron chi connectivity index (χ3n) is 10.3. The zero-order valence-corrected chi connectivity index (χ0v) is 36.7. The number of carbonyl (C=O) groups excluding carboxylic acids is 1. The Kier molecular flexibility index (Phi) is 36.3. The highest BCUT2D eigenvalue weighted by Gasteiger charge is 2.28. The molecule has 8 nitrogen and oxygen atoms in total. The van der Waals surface area contributed by atoms with E-state index in [0.29, 0.717) is 23.9 Å². The quantitative estimate of drug-likeness (QED) is 0.0247. The summed E-state index contributed by atoms with van der Waals surface area (Å²) in [6.07, 6.45) is 41.0. The fourth-order valence-corrected chi connectivity index (χ4v) is 7.36. The molecule has 0 saturated carbocycles. The predicted molar refractivity (Wildman–Crippen MR) is 226 cm³/mol. The first-order chi connectivity index (χ1) is 25.5. The van der Waals surface area contributed by atoms with Gasteiger partial charge in [-0.1, -0.05) is 180 Å². The van der Waals surface area contributed by atoms with E-state index in [2.05, 4.69) is 31.3 Å². The molecule has 0 aromatic heterocycles. The van der Waals surface area contributed by atoms with Gasteiger partial charge in [-0.25, -0.2) is 4.57 Å². The number of hydrogen-bond acceptors (Lipinski definition) is 5. The zero-order valence-electron chi connectivity index (χ0n) is 35.8. The maximum Gasteiger partial charge on any atom is 0.472 e. The molecule has 0 aliphatic carbocycles. The third-order valence-corrected chi connectivity index (χ3v) is 11.2. The number of aliphatic hydroxyl groups excluding tert-OH is 1. The summed E-state index contributed by atoms with van der Waals surface area (Å²) in [6, 6.07) is -0.770. The number of likely N-dealkylation sites (N-methyl/N-ethyl adjacent to an activating group) is 1. The lowest BCUT2D eigenvalue weighted by Gasteiger charge is -2.26. The lowest BCUT2D eigenvalue weighted by Crippen LogP contribution is -2.46. The molecule has 1 unspecified atom stereocenters. The number of rotatable bonds is 41. The van der Waals surface area contributed by atoms with Gasteiger partial charge < -0.3 is 19.8 Å². The molecule has 0 aromatic rings. The van der Waals surface area contributed by atoms with Crippen LogP contribution in [0.2, 0.25) is 0 Å². The van der Waals surface area contributed by atoms with Crippen molar-refractivity contribution in [3.63, 3.8) is 0 Å². The molecular formula is C44H90N2O6P+. The van der Waals surface area contributed by atoms with Crippen LogP contribution in [0.15, 0.2) is 12.2 Å². The largest absolute Gasteiger partial charge is 0.472 e. The summed E-state index contributed by atoms with van der Waals surface area (Å²) >= 11 is 0. The van der Waals surface area contributed by atoms with Gasteiger partial charge in [0.05, 0.1) is 39.9 Å². The molecule has 53 heavy (non-hydrogen) atoms. The number of hydrogen-bond donors (Lipinski definition) is 3. The average molecular weight is 774 g/mol. The Bertz CT molecular complexity index is 880. The van der Waals surface area contributed by atoms with Gasteiger partial charge in [0.25, 0.3) is 0 Å². The number of nitrogens with zero attached hydrogens (tertiary/aromatic N) is 1. The molecule has 0 bridgehead atoms. The predicted octanol–water partition coefficient (Wildman–Crippen LogP) is 12.4. The topological polar surface area (TPSA) is 105 Å². The molecule has 0 aromatic carbocycles. The standard InChI is InChI=1S/C44H89N2O6P/c1-6-8-10-12-14-16-18-20-21-22-23-24-26-28-30-32-34-36-38-44(48)45-42(41-52-53(49,50)51-40-39-46(3,4)5)43(47)37-35-33-31-29-27-25-19-17-15-13-11-9-7-2/h27,29,42-43,47H,6-26,28,30-41H2,1-5H3,(H-,45,48,49,50)/p+1/b29-27+/t42-,43+/m0/s1. The molecule has 9 heteroatoms. The normalized spacial score (nSPS) is 14.5. The number of allylic oxidation sites excluding steroid dienone is 2. The SMILES string of the molecule is CCCCCCCCC/C=C/CCCC[C@@H](O)[C@H](COP(=O)(O)OCC[N+](C)(C)C)NC(=O)CCCCCCCCCCCCCCCCCCCC. The third kappa shape index (κ3) is 39.3. The molecule has 0 spiro atoms. The van der Waals surface area contributed by atoms with Crippen molar-refractivity contribution in [2.75, 3.05) is 40.9 Å². The molecule has 0 fully saturated rings. The summed E-state index contributed by atoms with van der Waals surface area (Å²) in [6.45, 7) is 4.87. The fourth-order valence-electron chi connectivity index (χ4n) is 6.63. The van der Waals surface area contributed by atoms with Crippen LogP contribution in [0.3, 0.4) is 0 Å². The summed E-state index contributed by atoms with van der Waals surface area (Å²) in [7, 11) is 1.61. The Balaban J connectivity index is 4.33. The maximum atomic E-state index is 12.9. The van der Waals surface area contributed by atoms with E-state index in [1.807, 2.05) is 21.1 Å². The summed E-state index contributed by atoms with van der Waals surface area (Å²) in [5.41, 5.74) is 0. The number of nitrogens with one attached hydrogen (secondary N) is 1. The molecular weight excluding hydrogens is 683 g/mol. The molecule has 0 aliphatic rings. The van der Waals surface area contributed by atoms with Crippen molar-refractivity contribution in [2.24, 2.45) is 0 Å². The van der Waals surface area contributed by atoms with Crippen molar-refractivity contribution in [3.8, 4) is 0 Å². The highest BCUT2D eigenvalue weighted by Crippen LogP contribution is 2.43. The van der Waals surface area contributed by atoms with Gasteiger partial charge in [-0.15, -0.1) is 0 Å². The smallest absolute Gasteiger partial charge is 0.391 e. The Morgan fingerprint density at radius 1 is 0.623 bits per heavy atom. The van der Waals surface area contributed by atoms with Crippen LogP contribution in [0.25, 0.3) is 0 Å². The lowest BCUT2D eigenvalue weighted by atomic mass is 10.0. The van der Waals surface area contributed by atoms with E-state index in [9.17, 15) is 19.4 Å². The van der Waals surface area contributed by atoms with Gasteiger partial charge in [0.15, 0.2) is 0 Å². The van der Waals surface area contributed by atoms with Crippen LogP contribution < -0.4 is 5.32 Å². The second-order valence-corrected chi connectivity index (χ2v) is 18.2. The van der Waals surface area contributed by atoms with Crippen LogP contribution in [0, 0.1) is 0 Å². The number of aliphatic hydroxyl groups is 1. The van der Waals surface area contributed by atoms with E-state index >= 15 is 0 Å². The first kappa shape index (κ1) is 52.2. The van der Waals surface area contributed by atoms with Crippen molar-refractivity contribution in [1.82, 2.24) is 5.32 Å². The Morgan fingerprint density at radius 3 is 1.45 bits per heavy atom. The molecule has 3 atom stereocenters. The molecule has 1 amide bonds. The average Bonchev–Trinajstić information content (AvgIpc) is 3.10. The van der Waals surface area contributed by atoms with Gasteiger partial charge in [-0.05, 0) is 38.5 Å². The molecule has 0 saturated heterocycles. The van der Waals surface area contributed by atoms with Crippen molar-refractivity contribution >= 4 is 13.7 Å². The molecule has 0 rings (SSSR count). The number of phosphoric ester groups is 1. The number of carbonyl (C=O) groups is 1. The maximum absolute atomic E-state index is 12.9. The van der Waals surface area contributed by atoms with Gasteiger partial charge in [0, 0.05) is 6.42 Å². The minimum Gasteiger partial charge on any atom is -0.391 e. The summed E-state index contributed by atoms with van der Waals surface area (Å²) in [5.74, 6) is -0.152. The number of amides is 1. The van der Waals surface area contributed by atoms with Crippen LogP contribution in [0.5, 0.6) is 0 Å². The number of phosphoric acid groups is 1. The first-order valence-corrected chi connectivity index (χ1v) is 24.0. The Hall–Kier alpha value is -0.760. The highest BCUT2D eigenvalue weighted by molar-refractivity contribution is 7.47. The molecule has 0 heterocycles. The van der Waals surface area contributed by atoms with Gasteiger partial charge in [-0.3, -0.25) is 13.8 Å². The second kappa shape index (κ2) is 36.9. The van der Waals surface area contributed by atoms with Crippen molar-refractivity contribution in [3.05, 3.63) is 12.2 Å². The van der Waals surface area contributed by atoms with Crippen LogP contribution >= 0.6 is 7.82 Å². The minimum absolute atomic E-state index is 0.0721. The zero-order chi connectivity index (χ0) is 39.3. The van der Waals surface area contributed by atoms with Gasteiger partial charge in [0.1, 0.15) is 13.2 Å². The van der Waals surface area contributed by atoms with Crippen LogP contribution in [0.1, 0.15) is 213 Å². The highest BCUT2D eigenvalue weighted by atomic mass is 31.2. The van der Waals surface area contributed by atoms with Gasteiger partial charge >= 0.3 is 7.82 Å². The van der Waals surface area contributed by atoms with Crippen LogP contribution in [-0.2, 0) is 18.4 Å². The summed E-state index contributed by atoms with van der Waals surface area (Å²) in [5, 5.41) is 13.9. The number of unbranched alkanes of at least 4 members (excludes halogenated alkanes) is 26. The van der Waals surface area contributed by atoms with Gasteiger partial charge in [-0.2, -0.15) is 0 Å². The first-order valence-electron chi connectivity index (χ1n) is 22.6. The second-order valence-electron chi connectivity index (χ2n) is 16.8. The van der Waals surface area contributed by atoms with E-state index < -0.39 is 20.0 Å². The van der Waals surface area contributed by atoms with E-state index in [1.54, 1.807) is 0 Å². The summed E-state index contributed by atoms with van der Waals surface area (Å²) in [4.78, 5) is 23.1. The van der Waals surface area contributed by atoms with Gasteiger partial charge in [0.2, 0.25) is 5.91 Å². The van der Waals surface area contributed by atoms with E-state index in [0.717, 1.165) is 44.9 Å². The minimum atomic E-state index is -4.31. The fraction of sp³-hybridized carbons (Fsp3) is 0.932. The monoisotopic (exact) mass is 774 g/mol. The molecule has 316 valence electrons. The van der Waals surface area contributed by atoms with Crippen molar-refractivity contribution in [1.29, 1.82) is 0 Å². The van der Waals surface area contributed by atoms with Crippen LogP contribution in [0.4, 0.5) is 0 Å². The lowest BCUT2D eigenvalue weighted by molar-refractivity contribution is -0.870. The number of quaternary nitrogens is 1. The Morgan fingerprint density at radius 2 is 1.02 bits per heavy atom. The van der Waals surface area contributed by atoms with Crippen LogP contribution in [-0.4, -0.2) is 73.4 Å². The Labute approximate surface area is 329 Å². The molecule has 0 aliphatic heterocycles.